The molecule has 10 aromatic carbocycles. The predicted molar refractivity (Wildman–Crippen MR) is 240 cm³/mol. The van der Waals surface area contributed by atoms with Gasteiger partial charge >= 0.3 is 0 Å². The van der Waals surface area contributed by atoms with E-state index in [1.807, 2.05) is 0 Å². The zero-order chi connectivity index (χ0) is 37.4. The van der Waals surface area contributed by atoms with Crippen LogP contribution in [0.5, 0.6) is 0 Å². The van der Waals surface area contributed by atoms with Crippen LogP contribution in [0, 0.1) is 0 Å². The Kier molecular flexibility index (Phi) is 7.28. The van der Waals surface area contributed by atoms with Crippen molar-refractivity contribution in [1.29, 1.82) is 0 Å². The van der Waals surface area contributed by atoms with Gasteiger partial charge in [-0.25, -0.2) is 0 Å². The van der Waals surface area contributed by atoms with Crippen molar-refractivity contribution in [1.82, 2.24) is 0 Å². The molecule has 0 atom stereocenters. The van der Waals surface area contributed by atoms with Gasteiger partial charge in [0.15, 0.2) is 0 Å². The van der Waals surface area contributed by atoms with Crippen molar-refractivity contribution >= 4 is 60.2 Å². The molecule has 0 saturated carbocycles. The van der Waals surface area contributed by atoms with Crippen LogP contribution in [-0.4, -0.2) is 0 Å². The molecule has 0 amide bonds. The molecule has 1 aliphatic rings. The van der Waals surface area contributed by atoms with E-state index in [0.717, 1.165) is 11.4 Å². The fourth-order valence-corrected chi connectivity index (χ4v) is 9.34. The SMILES string of the molecule is CC1(C)c2ccccc2-c2c(N(c3ccc(-c4ccc5ccccc5c4)cc3)c3ccc(-c4ccc5c(ccc6ccc7ccccc7c65)c4)cc3)cccc21. The molecule has 0 aromatic heterocycles. The summed E-state index contributed by atoms with van der Waals surface area (Å²) >= 11 is 0. The van der Waals surface area contributed by atoms with Crippen LogP contribution >= 0.6 is 0 Å². The molecule has 0 heterocycles. The first-order chi connectivity index (χ1) is 27.5. The number of benzene rings is 10. The highest BCUT2D eigenvalue weighted by Crippen LogP contribution is 2.54. The average Bonchev–Trinajstić information content (AvgIpc) is 3.50. The van der Waals surface area contributed by atoms with E-state index in [2.05, 4.69) is 219 Å². The maximum Gasteiger partial charge on any atom is 0.0543 e. The maximum absolute atomic E-state index is 2.45. The van der Waals surface area contributed by atoms with Crippen LogP contribution in [0.25, 0.3) is 76.5 Å². The number of hydrogen-bond acceptors (Lipinski definition) is 1. The summed E-state index contributed by atoms with van der Waals surface area (Å²) in [5.41, 5.74) is 13.6. The minimum atomic E-state index is -0.0922. The molecule has 0 radical (unpaired) electrons. The van der Waals surface area contributed by atoms with Crippen LogP contribution in [0.4, 0.5) is 17.1 Å². The Bertz CT molecular complexity index is 3150. The van der Waals surface area contributed by atoms with Crippen LogP contribution in [-0.2, 0) is 5.41 Å². The van der Waals surface area contributed by atoms with E-state index >= 15 is 0 Å². The average molecular weight is 714 g/mol. The molecule has 1 nitrogen and oxygen atoms in total. The molecule has 1 aliphatic carbocycles. The van der Waals surface area contributed by atoms with Gasteiger partial charge in [0, 0.05) is 22.4 Å². The highest BCUT2D eigenvalue weighted by molar-refractivity contribution is 6.20. The Morgan fingerprint density at radius 1 is 0.357 bits per heavy atom. The summed E-state index contributed by atoms with van der Waals surface area (Å²) < 4.78 is 0. The largest absolute Gasteiger partial charge is 0.310 e. The fraction of sp³-hybridized carbons (Fsp3) is 0.0545. The van der Waals surface area contributed by atoms with Gasteiger partial charge in [-0.1, -0.05) is 172 Å². The summed E-state index contributed by atoms with van der Waals surface area (Å²) in [6, 6.07) is 74.0. The Hall–Kier alpha value is -6.96. The second-order valence-corrected chi connectivity index (χ2v) is 15.7. The van der Waals surface area contributed by atoms with Crippen molar-refractivity contribution in [2.24, 2.45) is 0 Å². The van der Waals surface area contributed by atoms with Gasteiger partial charge in [-0.05, 0) is 124 Å². The molecule has 11 rings (SSSR count). The van der Waals surface area contributed by atoms with E-state index in [1.165, 1.54) is 93.3 Å². The Morgan fingerprint density at radius 3 is 1.62 bits per heavy atom. The van der Waals surface area contributed by atoms with Crippen molar-refractivity contribution in [3.05, 3.63) is 211 Å². The molecule has 0 bridgehead atoms. The number of hydrogen-bond donors (Lipinski definition) is 0. The summed E-state index contributed by atoms with van der Waals surface area (Å²) in [5, 5.41) is 10.2. The first kappa shape index (κ1) is 32.5. The summed E-state index contributed by atoms with van der Waals surface area (Å²) in [4.78, 5) is 2.45. The van der Waals surface area contributed by atoms with E-state index < -0.39 is 0 Å². The molecule has 0 N–H and O–H groups in total. The molecule has 0 fully saturated rings. The number of rotatable bonds is 5. The minimum absolute atomic E-state index is 0.0922. The predicted octanol–water partition coefficient (Wildman–Crippen LogP) is 15.4. The second-order valence-electron chi connectivity index (χ2n) is 15.7. The van der Waals surface area contributed by atoms with Crippen LogP contribution in [0.2, 0.25) is 0 Å². The smallest absolute Gasteiger partial charge is 0.0543 e. The lowest BCUT2D eigenvalue weighted by Crippen LogP contribution is -2.16. The van der Waals surface area contributed by atoms with Gasteiger partial charge in [-0.3, -0.25) is 0 Å². The summed E-state index contributed by atoms with van der Waals surface area (Å²) in [6.45, 7) is 4.71. The van der Waals surface area contributed by atoms with E-state index in [4.69, 9.17) is 0 Å². The van der Waals surface area contributed by atoms with Crippen LogP contribution in [0.3, 0.4) is 0 Å². The second kappa shape index (κ2) is 12.5. The molecule has 10 aromatic rings. The molecule has 56 heavy (non-hydrogen) atoms. The van der Waals surface area contributed by atoms with Crippen LogP contribution < -0.4 is 4.90 Å². The molecular formula is C55H39N. The highest BCUT2D eigenvalue weighted by atomic mass is 15.1. The van der Waals surface area contributed by atoms with Gasteiger partial charge in [0.1, 0.15) is 0 Å². The van der Waals surface area contributed by atoms with E-state index in [1.54, 1.807) is 0 Å². The van der Waals surface area contributed by atoms with Gasteiger partial charge in [0.05, 0.1) is 5.69 Å². The van der Waals surface area contributed by atoms with Crippen molar-refractivity contribution in [3.8, 4) is 33.4 Å². The first-order valence-electron chi connectivity index (χ1n) is 19.6. The maximum atomic E-state index is 2.45. The van der Waals surface area contributed by atoms with E-state index in [0.29, 0.717) is 0 Å². The molecule has 1 heteroatoms. The Morgan fingerprint density at radius 2 is 0.875 bits per heavy atom. The summed E-state index contributed by atoms with van der Waals surface area (Å²) in [7, 11) is 0. The van der Waals surface area contributed by atoms with Gasteiger partial charge in [-0.15, -0.1) is 0 Å². The monoisotopic (exact) mass is 713 g/mol. The zero-order valence-corrected chi connectivity index (χ0v) is 31.5. The third-order valence-corrected chi connectivity index (χ3v) is 12.2. The summed E-state index contributed by atoms with van der Waals surface area (Å²) in [5.74, 6) is 0. The molecular weight excluding hydrogens is 675 g/mol. The number of fused-ring (bicyclic) bond motifs is 9. The van der Waals surface area contributed by atoms with Crippen molar-refractivity contribution in [3.63, 3.8) is 0 Å². The zero-order valence-electron chi connectivity index (χ0n) is 31.5. The molecule has 0 spiro atoms. The molecule has 0 aliphatic heterocycles. The van der Waals surface area contributed by atoms with E-state index in [-0.39, 0.29) is 5.41 Å². The lowest BCUT2D eigenvalue weighted by Gasteiger charge is -2.29. The molecule has 0 unspecified atom stereocenters. The van der Waals surface area contributed by atoms with Crippen LogP contribution in [0.1, 0.15) is 25.0 Å². The quantitative estimate of drug-likeness (QED) is 0.161. The number of anilines is 3. The lowest BCUT2D eigenvalue weighted by molar-refractivity contribution is 0.660. The highest BCUT2D eigenvalue weighted by Gasteiger charge is 2.37. The normalized spacial score (nSPS) is 13.0. The molecule has 0 saturated heterocycles. The first-order valence-corrected chi connectivity index (χ1v) is 19.6. The number of nitrogens with zero attached hydrogens (tertiary/aromatic N) is 1. The lowest BCUT2D eigenvalue weighted by atomic mass is 9.82. The van der Waals surface area contributed by atoms with Crippen LogP contribution in [0.15, 0.2) is 200 Å². The summed E-state index contributed by atoms with van der Waals surface area (Å²) in [6.07, 6.45) is 0. The minimum Gasteiger partial charge on any atom is -0.310 e. The van der Waals surface area contributed by atoms with Gasteiger partial charge < -0.3 is 4.90 Å². The standard InChI is InChI=1S/C55H39N/c1-55(2)50-15-8-7-14-49(50)54-51(55)16-9-17-52(54)56(45-29-24-37(25-30-45)42-22-18-36-10-3-4-12-41(36)34-42)46-31-26-38(27-32-46)43-28-33-48-44(35-43)23-21-40-20-19-39-11-5-6-13-47(39)53(40)48/h3-35H,1-2H3. The molecule has 264 valence electrons. The van der Waals surface area contributed by atoms with E-state index in [9.17, 15) is 0 Å². The van der Waals surface area contributed by atoms with Crippen molar-refractivity contribution in [2.75, 3.05) is 4.90 Å². The fourth-order valence-electron chi connectivity index (χ4n) is 9.34. The Balaban J connectivity index is 1.03. The van der Waals surface area contributed by atoms with Gasteiger partial charge in [0.25, 0.3) is 0 Å². The van der Waals surface area contributed by atoms with Crippen molar-refractivity contribution < 1.29 is 0 Å². The van der Waals surface area contributed by atoms with Gasteiger partial charge in [0.2, 0.25) is 0 Å². The Labute approximate surface area is 327 Å². The van der Waals surface area contributed by atoms with Crippen molar-refractivity contribution in [2.45, 2.75) is 19.3 Å². The third kappa shape index (κ3) is 5.08. The third-order valence-electron chi connectivity index (χ3n) is 12.2. The van der Waals surface area contributed by atoms with Gasteiger partial charge in [-0.2, -0.15) is 0 Å². The topological polar surface area (TPSA) is 3.24 Å².